The van der Waals surface area contributed by atoms with Crippen molar-refractivity contribution in [1.29, 1.82) is 0 Å². The van der Waals surface area contributed by atoms with Crippen molar-refractivity contribution >= 4 is 31.9 Å². The van der Waals surface area contributed by atoms with Gasteiger partial charge in [0.1, 0.15) is 11.5 Å². The minimum atomic E-state index is 0.220. The predicted octanol–water partition coefficient (Wildman–Crippen LogP) is 4.00. The SMILES string of the molecule is N/C(=C\N(N)CCc1ccc(O)c(Br)c1)CCCc1cn(CCc2ccc(O)c(Br)c2)nn1. The monoisotopic (exact) mass is 578 g/mol. The van der Waals surface area contributed by atoms with Crippen LogP contribution in [0.5, 0.6) is 11.5 Å². The Morgan fingerprint density at radius 3 is 2.27 bits per heavy atom. The smallest absolute Gasteiger partial charge is 0.129 e. The molecule has 0 aliphatic rings. The van der Waals surface area contributed by atoms with Gasteiger partial charge in [-0.05, 0) is 99.4 Å². The van der Waals surface area contributed by atoms with Gasteiger partial charge >= 0.3 is 0 Å². The number of aromatic nitrogens is 3. The van der Waals surface area contributed by atoms with Crippen molar-refractivity contribution in [2.45, 2.75) is 38.6 Å². The van der Waals surface area contributed by atoms with Crippen molar-refractivity contribution < 1.29 is 10.2 Å². The molecule has 10 heteroatoms. The number of nitrogens with two attached hydrogens (primary N) is 2. The molecular weight excluding hydrogens is 552 g/mol. The Balaban J connectivity index is 1.38. The maximum Gasteiger partial charge on any atom is 0.129 e. The molecule has 0 bridgehead atoms. The fraction of sp³-hybridized carbons (Fsp3) is 0.304. The summed E-state index contributed by atoms with van der Waals surface area (Å²) in [5.74, 6) is 6.50. The van der Waals surface area contributed by atoms with E-state index in [-0.39, 0.29) is 11.5 Å². The van der Waals surface area contributed by atoms with E-state index < -0.39 is 0 Å². The van der Waals surface area contributed by atoms with Gasteiger partial charge in [-0.3, -0.25) is 4.68 Å². The van der Waals surface area contributed by atoms with E-state index >= 15 is 0 Å². The van der Waals surface area contributed by atoms with Gasteiger partial charge in [0.25, 0.3) is 0 Å². The lowest BCUT2D eigenvalue weighted by atomic mass is 10.1. The van der Waals surface area contributed by atoms with E-state index in [2.05, 4.69) is 42.2 Å². The molecule has 0 spiro atoms. The van der Waals surface area contributed by atoms with Crippen LogP contribution >= 0.6 is 31.9 Å². The Kier molecular flexibility index (Phi) is 9.16. The van der Waals surface area contributed by atoms with Crippen LogP contribution in [-0.2, 0) is 25.8 Å². The van der Waals surface area contributed by atoms with Gasteiger partial charge in [-0.1, -0.05) is 17.3 Å². The first-order valence-corrected chi connectivity index (χ1v) is 12.2. The fourth-order valence-corrected chi connectivity index (χ4v) is 4.14. The first-order chi connectivity index (χ1) is 15.8. The molecule has 33 heavy (non-hydrogen) atoms. The summed E-state index contributed by atoms with van der Waals surface area (Å²) >= 11 is 6.65. The topological polar surface area (TPSA) is 126 Å². The number of hydrazine groups is 1. The number of phenolic OH excluding ortho intramolecular Hbond substituents is 2. The zero-order valence-electron chi connectivity index (χ0n) is 18.2. The Labute approximate surface area is 210 Å². The van der Waals surface area contributed by atoms with Crippen LogP contribution < -0.4 is 11.6 Å². The average Bonchev–Trinajstić information content (AvgIpc) is 3.23. The largest absolute Gasteiger partial charge is 0.507 e. The summed E-state index contributed by atoms with van der Waals surface area (Å²) < 4.78 is 3.19. The molecular formula is C23H28Br2N6O2. The number of allylic oxidation sites excluding steroid dienone is 1. The quantitative estimate of drug-likeness (QED) is 0.200. The van der Waals surface area contributed by atoms with Crippen LogP contribution in [0.15, 0.2) is 63.4 Å². The standard InChI is InChI=1S/C23H28Br2N6O2/c24-20-12-16(4-6-22(20)32)8-10-30(27)14-18(26)2-1-3-19-15-31(29-28-19)11-9-17-5-7-23(33)21(25)13-17/h4-7,12-15,32-33H,1-3,8-11,26-27H2/b18-14-. The van der Waals surface area contributed by atoms with E-state index in [4.69, 9.17) is 11.6 Å². The molecule has 8 nitrogen and oxygen atoms in total. The normalized spacial score (nSPS) is 11.7. The Hall–Kier alpha value is -2.56. The van der Waals surface area contributed by atoms with Crippen LogP contribution in [0, 0.1) is 0 Å². The lowest BCUT2D eigenvalue weighted by Gasteiger charge is -2.15. The molecule has 0 saturated carbocycles. The molecule has 3 aromatic rings. The second-order valence-electron chi connectivity index (χ2n) is 7.84. The van der Waals surface area contributed by atoms with Crippen molar-refractivity contribution in [2.24, 2.45) is 11.6 Å². The highest BCUT2D eigenvalue weighted by molar-refractivity contribution is 9.10. The lowest BCUT2D eigenvalue weighted by Crippen LogP contribution is -2.28. The molecule has 6 N–H and O–H groups in total. The third-order valence-electron chi connectivity index (χ3n) is 5.13. The maximum atomic E-state index is 9.59. The minimum Gasteiger partial charge on any atom is -0.507 e. The molecule has 3 rings (SSSR count). The van der Waals surface area contributed by atoms with E-state index in [0.29, 0.717) is 28.5 Å². The first-order valence-electron chi connectivity index (χ1n) is 10.6. The summed E-state index contributed by atoms with van der Waals surface area (Å²) in [6.45, 7) is 1.33. The zero-order valence-corrected chi connectivity index (χ0v) is 21.3. The number of halogens is 2. The molecule has 0 unspecified atom stereocenters. The average molecular weight is 580 g/mol. The zero-order chi connectivity index (χ0) is 23.8. The van der Waals surface area contributed by atoms with Crippen LogP contribution in [0.25, 0.3) is 0 Å². The molecule has 0 fully saturated rings. The van der Waals surface area contributed by atoms with Crippen molar-refractivity contribution in [3.05, 3.63) is 80.3 Å². The summed E-state index contributed by atoms with van der Waals surface area (Å²) in [5, 5.41) is 29.2. The van der Waals surface area contributed by atoms with E-state index in [1.807, 2.05) is 35.1 Å². The number of aromatic hydroxyl groups is 2. The number of hydrogen-bond donors (Lipinski definition) is 4. The number of hydrogen-bond acceptors (Lipinski definition) is 7. The third kappa shape index (κ3) is 8.06. The third-order valence-corrected chi connectivity index (χ3v) is 6.40. The van der Waals surface area contributed by atoms with E-state index in [1.165, 1.54) is 0 Å². The summed E-state index contributed by atoms with van der Waals surface area (Å²) in [4.78, 5) is 0. The van der Waals surface area contributed by atoms with Crippen molar-refractivity contribution in [1.82, 2.24) is 20.0 Å². The number of aryl methyl sites for hydroxylation is 3. The van der Waals surface area contributed by atoms with Crippen molar-refractivity contribution in [3.8, 4) is 11.5 Å². The predicted molar refractivity (Wildman–Crippen MR) is 135 cm³/mol. The molecule has 0 aliphatic heterocycles. The molecule has 1 aromatic heterocycles. The molecule has 0 radical (unpaired) electrons. The summed E-state index contributed by atoms with van der Waals surface area (Å²) in [7, 11) is 0. The first kappa shape index (κ1) is 25.1. The molecule has 0 aliphatic carbocycles. The van der Waals surface area contributed by atoms with Gasteiger partial charge in [-0.15, -0.1) is 5.10 Å². The highest BCUT2D eigenvalue weighted by atomic mass is 79.9. The lowest BCUT2D eigenvalue weighted by molar-refractivity contribution is 0.393. The summed E-state index contributed by atoms with van der Waals surface area (Å²) in [6.07, 6.45) is 7.61. The summed E-state index contributed by atoms with van der Waals surface area (Å²) in [6, 6.07) is 10.9. The second kappa shape index (κ2) is 12.1. The summed E-state index contributed by atoms with van der Waals surface area (Å²) in [5.41, 5.74) is 9.96. The Bertz CT molecular complexity index is 1100. The maximum absolute atomic E-state index is 9.59. The van der Waals surface area contributed by atoms with Crippen LogP contribution in [0.4, 0.5) is 0 Å². The van der Waals surface area contributed by atoms with Crippen molar-refractivity contribution in [2.75, 3.05) is 6.54 Å². The van der Waals surface area contributed by atoms with E-state index in [0.717, 1.165) is 48.2 Å². The van der Waals surface area contributed by atoms with Crippen molar-refractivity contribution in [3.63, 3.8) is 0 Å². The fourth-order valence-electron chi connectivity index (χ4n) is 3.29. The van der Waals surface area contributed by atoms with E-state index in [1.54, 1.807) is 23.3 Å². The van der Waals surface area contributed by atoms with Crippen LogP contribution in [-0.4, -0.2) is 36.8 Å². The molecule has 176 valence electrons. The van der Waals surface area contributed by atoms with Gasteiger partial charge in [0, 0.05) is 31.2 Å². The minimum absolute atomic E-state index is 0.220. The van der Waals surface area contributed by atoms with Crippen LogP contribution in [0.3, 0.4) is 0 Å². The van der Waals surface area contributed by atoms with Gasteiger partial charge in [0.05, 0.1) is 14.6 Å². The Morgan fingerprint density at radius 2 is 1.64 bits per heavy atom. The Morgan fingerprint density at radius 1 is 1.00 bits per heavy atom. The second-order valence-corrected chi connectivity index (χ2v) is 9.55. The highest BCUT2D eigenvalue weighted by Crippen LogP contribution is 2.25. The van der Waals surface area contributed by atoms with Gasteiger partial charge in [-0.2, -0.15) is 0 Å². The highest BCUT2D eigenvalue weighted by Gasteiger charge is 2.05. The van der Waals surface area contributed by atoms with Gasteiger partial charge in [0.15, 0.2) is 0 Å². The number of rotatable bonds is 11. The molecule has 0 amide bonds. The van der Waals surface area contributed by atoms with Crippen LogP contribution in [0.1, 0.15) is 29.7 Å². The number of nitrogens with zero attached hydrogens (tertiary/aromatic N) is 4. The van der Waals surface area contributed by atoms with E-state index in [9.17, 15) is 10.2 Å². The molecule has 0 atom stereocenters. The molecule has 1 heterocycles. The van der Waals surface area contributed by atoms with Gasteiger partial charge in [0.2, 0.25) is 0 Å². The van der Waals surface area contributed by atoms with Gasteiger partial charge < -0.3 is 21.0 Å². The van der Waals surface area contributed by atoms with Gasteiger partial charge in [-0.25, -0.2) is 5.84 Å². The van der Waals surface area contributed by atoms with Crippen LogP contribution in [0.2, 0.25) is 0 Å². The number of phenols is 2. The number of benzene rings is 2. The molecule has 2 aromatic carbocycles. The molecule has 0 saturated heterocycles.